The molecule has 1 saturated heterocycles. The zero-order valence-electron chi connectivity index (χ0n) is 18.1. The van der Waals surface area contributed by atoms with E-state index in [1.165, 1.54) is 0 Å². The Labute approximate surface area is 214 Å². The monoisotopic (exact) mass is 661 g/mol. The Hall–Kier alpha value is -1.06. The molecule has 39 heavy (non-hydrogen) atoms. The van der Waals surface area contributed by atoms with Crippen LogP contribution in [0.4, 0.5) is 5.82 Å². The topological polar surface area (TPSA) is 389 Å². The van der Waals surface area contributed by atoms with E-state index in [4.69, 9.17) is 10.5 Å². The lowest BCUT2D eigenvalue weighted by Crippen LogP contribution is -2.34. The van der Waals surface area contributed by atoms with Crippen molar-refractivity contribution < 1.29 is 88.9 Å². The maximum absolute atomic E-state index is 11.9. The number of nitrogens with zero attached hydrogens (tertiary/aromatic N) is 4. The quantitative estimate of drug-likeness (QED) is 0.179. The number of nitrogen functional groups attached to an aromatic ring is 1. The van der Waals surface area contributed by atoms with Gasteiger partial charge in [-0.3, -0.25) is 27.1 Å². The van der Waals surface area contributed by atoms with Gasteiger partial charge in [-0.15, -0.1) is 0 Å². The molecule has 0 aliphatic carbocycles. The minimum Gasteiger partial charge on any atom is -0.790 e. The first-order valence-electron chi connectivity index (χ1n) is 9.31. The highest BCUT2D eigenvalue weighted by molar-refractivity contribution is 7.69. The molecule has 1 aliphatic rings. The van der Waals surface area contributed by atoms with Gasteiger partial charge in [-0.05, 0) is 0 Å². The number of fused-ring (bicyclic) bond motifs is 1. The van der Waals surface area contributed by atoms with Gasteiger partial charge in [0.1, 0.15) is 30.2 Å². The number of phosphoric acid groups is 5. The van der Waals surface area contributed by atoms with E-state index in [9.17, 15) is 62.4 Å². The van der Waals surface area contributed by atoms with Gasteiger partial charge in [0, 0.05) is 0 Å². The maximum Gasteiger partial charge on any atom is 0.280 e. The average Bonchev–Trinajstić information content (AvgIpc) is 3.24. The van der Waals surface area contributed by atoms with Crippen LogP contribution in [-0.2, 0) is 49.3 Å². The molecule has 0 spiro atoms. The molecule has 222 valence electrons. The van der Waals surface area contributed by atoms with E-state index in [1.807, 2.05) is 0 Å². The maximum atomic E-state index is 11.9. The van der Waals surface area contributed by atoms with Gasteiger partial charge >= 0.3 is 0 Å². The van der Waals surface area contributed by atoms with Crippen LogP contribution >= 0.6 is 39.1 Å². The molecule has 4 N–H and O–H groups in total. The van der Waals surface area contributed by atoms with Gasteiger partial charge in [0.2, 0.25) is 0 Å². The number of phosphoric ester groups is 1. The first-order chi connectivity index (χ1) is 17.6. The first-order valence-corrected chi connectivity index (χ1v) is 16.6. The Balaban J connectivity index is 1.63. The second-order valence-electron chi connectivity index (χ2n) is 6.99. The summed E-state index contributed by atoms with van der Waals surface area (Å²) in [5, 5.41) is 20.5. The Morgan fingerprint density at radius 3 is 1.95 bits per heavy atom. The summed E-state index contributed by atoms with van der Waals surface area (Å²) in [6.45, 7) is -1.25. The zero-order valence-corrected chi connectivity index (χ0v) is 22.6. The van der Waals surface area contributed by atoms with Gasteiger partial charge in [-0.1, -0.05) is 0 Å². The van der Waals surface area contributed by atoms with Crippen LogP contribution in [0.2, 0.25) is 0 Å². The number of ether oxygens (including phenoxy) is 1. The molecule has 3 rings (SSSR count). The number of hydrogen-bond donors (Lipinski definition) is 3. The smallest absolute Gasteiger partial charge is 0.280 e. The summed E-state index contributed by atoms with van der Waals surface area (Å²) in [4.78, 5) is 77.9. The van der Waals surface area contributed by atoms with Crippen molar-refractivity contribution in [2.75, 3.05) is 12.3 Å². The summed E-state index contributed by atoms with van der Waals surface area (Å²) in [6.07, 6.45) is -4.66. The molecule has 24 nitrogen and oxygen atoms in total. The van der Waals surface area contributed by atoms with Crippen molar-refractivity contribution in [3.8, 4) is 0 Å². The van der Waals surface area contributed by atoms with Crippen LogP contribution in [0.1, 0.15) is 6.23 Å². The Morgan fingerprint density at radius 2 is 1.38 bits per heavy atom. The van der Waals surface area contributed by atoms with E-state index in [-0.39, 0.29) is 17.0 Å². The molecule has 2 aromatic rings. The van der Waals surface area contributed by atoms with Gasteiger partial charge in [-0.25, -0.2) is 27.9 Å². The Morgan fingerprint density at radius 1 is 0.846 bits per heavy atom. The van der Waals surface area contributed by atoms with Gasteiger partial charge in [0.25, 0.3) is 31.3 Å². The number of aliphatic hydroxyl groups excluding tert-OH is 2. The van der Waals surface area contributed by atoms with Crippen molar-refractivity contribution in [2.24, 2.45) is 0 Å². The van der Waals surface area contributed by atoms with E-state index in [2.05, 4.69) is 36.7 Å². The van der Waals surface area contributed by atoms with Crippen molar-refractivity contribution in [1.29, 1.82) is 0 Å². The lowest BCUT2D eigenvalue weighted by atomic mass is 10.1. The molecule has 8 atom stereocenters. The summed E-state index contributed by atoms with van der Waals surface area (Å²) in [5.41, 5.74) is 5.76. The first kappa shape index (κ1) is 32.5. The summed E-state index contributed by atoms with van der Waals surface area (Å²) in [7, 11) is -32.5. The lowest BCUT2D eigenvalue weighted by Gasteiger charge is -2.39. The van der Waals surface area contributed by atoms with Crippen molar-refractivity contribution in [1.82, 2.24) is 19.5 Å². The number of hydrogen-bond acceptors (Lipinski definition) is 23. The molecular formula is C10H12N5O19P5-6. The fourth-order valence-corrected chi connectivity index (χ4v) is 8.48. The largest absolute Gasteiger partial charge is 0.790 e. The van der Waals surface area contributed by atoms with Gasteiger partial charge in [0.15, 0.2) is 17.7 Å². The molecule has 0 amide bonds. The fraction of sp³-hybridized carbons (Fsp3) is 0.500. The zero-order chi connectivity index (χ0) is 29.6. The molecule has 2 aromatic heterocycles. The number of rotatable bonds is 12. The predicted octanol–water partition coefficient (Wildman–Crippen LogP) is -5.19. The van der Waals surface area contributed by atoms with Crippen molar-refractivity contribution in [3.05, 3.63) is 12.7 Å². The predicted molar refractivity (Wildman–Crippen MR) is 104 cm³/mol. The van der Waals surface area contributed by atoms with Crippen LogP contribution in [-0.4, -0.2) is 54.7 Å². The van der Waals surface area contributed by atoms with Crippen molar-refractivity contribution >= 4 is 56.1 Å². The third-order valence-electron chi connectivity index (χ3n) is 4.20. The molecule has 1 aliphatic heterocycles. The van der Waals surface area contributed by atoms with Crippen LogP contribution in [0, 0.1) is 0 Å². The van der Waals surface area contributed by atoms with Crippen LogP contribution in [0.3, 0.4) is 0 Å². The molecule has 1 fully saturated rings. The van der Waals surface area contributed by atoms with Gasteiger partial charge in [0.05, 0.1) is 20.8 Å². The normalized spacial score (nSPS) is 28.4. The average molecular weight is 661 g/mol. The van der Waals surface area contributed by atoms with Crippen LogP contribution in [0.15, 0.2) is 12.7 Å². The van der Waals surface area contributed by atoms with E-state index in [1.54, 1.807) is 0 Å². The summed E-state index contributed by atoms with van der Waals surface area (Å²) in [6, 6.07) is 0. The highest BCUT2D eigenvalue weighted by Gasteiger charge is 2.45. The molecule has 0 saturated carbocycles. The number of anilines is 1. The number of imidazole rings is 1. The number of aromatic nitrogens is 4. The van der Waals surface area contributed by atoms with Crippen molar-refractivity contribution in [3.63, 3.8) is 0 Å². The Bertz CT molecular complexity index is 1460. The molecule has 0 bridgehead atoms. The standard InChI is InChI=1S/C10H18N5O19P5/c11-8-5-9(13-2-12-8)15(3-14-5)10-7(17)6(16)4(30-10)1-29-36(21,22)32-38(25,26)34-39(27,28)33-37(23,24)31-35(18,19)20/h2-4,6-7,10,16-17H,1H2,(H,21,22)(H,23,24)(H,25,26)(H,27,28)(H2,11,12,13)(H2,18,19,20)/p-6/t4-,6-,7-,10-/m1/s1. The molecule has 29 heteroatoms. The van der Waals surface area contributed by atoms with Crippen LogP contribution in [0.25, 0.3) is 11.2 Å². The summed E-state index contributed by atoms with van der Waals surface area (Å²) < 4.78 is 79.1. The van der Waals surface area contributed by atoms with Crippen molar-refractivity contribution in [2.45, 2.75) is 24.5 Å². The lowest BCUT2D eigenvalue weighted by molar-refractivity contribution is -0.339. The second kappa shape index (κ2) is 11.3. The number of aliphatic hydroxyl groups is 2. The third-order valence-corrected chi connectivity index (χ3v) is 11.1. The third kappa shape index (κ3) is 8.71. The molecule has 0 radical (unpaired) electrons. The SMILES string of the molecule is Nc1ncnc2c1ncn2[C@@H]1O[C@H](COP(=O)([O-])OP(=O)([O-])OP(=O)([O-])OP(=O)([O-])OP(=O)([O-])[O-])[C@@H](O)[C@H]1O. The van der Waals surface area contributed by atoms with Crippen LogP contribution < -0.4 is 35.1 Å². The molecule has 4 unspecified atom stereocenters. The molecule has 3 heterocycles. The van der Waals surface area contributed by atoms with E-state index in [0.29, 0.717) is 0 Å². The van der Waals surface area contributed by atoms with Gasteiger partial charge in [-0.2, -0.15) is 0 Å². The van der Waals surface area contributed by atoms with E-state index in [0.717, 1.165) is 17.2 Å². The minimum atomic E-state index is -6.72. The highest BCUT2D eigenvalue weighted by Crippen LogP contribution is 2.68. The molecule has 0 aromatic carbocycles. The van der Waals surface area contributed by atoms with Crippen LogP contribution in [0.5, 0.6) is 0 Å². The number of nitrogens with two attached hydrogens (primary N) is 1. The van der Waals surface area contributed by atoms with E-state index >= 15 is 0 Å². The second-order valence-corrected chi connectivity index (χ2v) is 14.3. The highest BCUT2D eigenvalue weighted by atomic mass is 31.3. The minimum absolute atomic E-state index is 0.0354. The molecular weight excluding hydrogens is 649 g/mol. The summed E-state index contributed by atoms with van der Waals surface area (Å²) >= 11 is 0. The summed E-state index contributed by atoms with van der Waals surface area (Å²) in [5.74, 6) is -0.0465. The fourth-order valence-electron chi connectivity index (χ4n) is 2.88. The van der Waals surface area contributed by atoms with Gasteiger partial charge < -0.3 is 59.1 Å². The van der Waals surface area contributed by atoms with E-state index < -0.39 is 70.3 Å². The Kier molecular flexibility index (Phi) is 9.42.